The topological polar surface area (TPSA) is 59.7 Å². The van der Waals surface area contributed by atoms with Crippen LogP contribution in [0, 0.1) is 0 Å². The third-order valence-corrected chi connectivity index (χ3v) is 2.11. The predicted octanol–water partition coefficient (Wildman–Crippen LogP) is 2.91. The predicted molar refractivity (Wildman–Crippen MR) is 58.8 cm³/mol. The molecule has 0 bridgehead atoms. The maximum absolute atomic E-state index is 12.1. The van der Waals surface area contributed by atoms with E-state index < -0.39 is 17.7 Å². The minimum absolute atomic E-state index is 0.0578. The highest BCUT2D eigenvalue weighted by atomic mass is 19.4. The molecule has 4 nitrogen and oxygen atoms in total. The van der Waals surface area contributed by atoms with Crippen molar-refractivity contribution in [3.05, 3.63) is 46.8 Å². The third-order valence-electron chi connectivity index (χ3n) is 2.11. The van der Waals surface area contributed by atoms with Gasteiger partial charge in [-0.1, -0.05) is 12.1 Å². The van der Waals surface area contributed by atoms with Gasteiger partial charge in [-0.3, -0.25) is 0 Å². The maximum Gasteiger partial charge on any atom is 0.573 e. The van der Waals surface area contributed by atoms with Crippen molar-refractivity contribution < 1.29 is 27.4 Å². The smallest absolute Gasteiger partial charge is 0.508 e. The lowest BCUT2D eigenvalue weighted by Gasteiger charge is -2.09. The molecule has 100 valence electrons. The summed E-state index contributed by atoms with van der Waals surface area (Å²) >= 11 is 0. The molecule has 0 aliphatic rings. The molecule has 0 fully saturated rings. The Bertz CT molecular complexity index is 646. The van der Waals surface area contributed by atoms with Crippen LogP contribution >= 0.6 is 0 Å². The lowest BCUT2D eigenvalue weighted by atomic mass is 10.1. The van der Waals surface area contributed by atoms with Gasteiger partial charge in [0.1, 0.15) is 17.3 Å². The summed E-state index contributed by atoms with van der Waals surface area (Å²) in [6, 6.07) is 6.85. The largest absolute Gasteiger partial charge is 0.573 e. The van der Waals surface area contributed by atoms with E-state index >= 15 is 0 Å². The number of aromatic hydroxyl groups is 1. The number of alkyl halides is 3. The fraction of sp³-hybridized carbons (Fsp3) is 0.0833. The molecule has 2 rings (SSSR count). The molecule has 0 aliphatic carbocycles. The molecular weight excluding hydrogens is 265 g/mol. The van der Waals surface area contributed by atoms with Gasteiger partial charge in [-0.2, -0.15) is 0 Å². The Balaban J connectivity index is 2.40. The molecule has 1 heterocycles. The van der Waals surface area contributed by atoms with Gasteiger partial charge in [0.05, 0.1) is 6.07 Å². The van der Waals surface area contributed by atoms with Crippen LogP contribution in [0.25, 0.3) is 11.3 Å². The van der Waals surface area contributed by atoms with Gasteiger partial charge in [-0.15, -0.1) is 13.2 Å². The quantitative estimate of drug-likeness (QED) is 0.913. The van der Waals surface area contributed by atoms with E-state index in [9.17, 15) is 23.1 Å². The van der Waals surface area contributed by atoms with Crippen molar-refractivity contribution in [3.63, 3.8) is 0 Å². The molecule has 1 N–H and O–H groups in total. The summed E-state index contributed by atoms with van der Waals surface area (Å²) < 4.78 is 44.7. The van der Waals surface area contributed by atoms with Crippen molar-refractivity contribution in [2.24, 2.45) is 0 Å². The number of hydrogen-bond acceptors (Lipinski definition) is 4. The van der Waals surface area contributed by atoms with Crippen LogP contribution < -0.4 is 10.4 Å². The zero-order valence-electron chi connectivity index (χ0n) is 9.27. The molecule has 0 atom stereocenters. The van der Waals surface area contributed by atoms with E-state index in [4.69, 9.17) is 4.42 Å². The van der Waals surface area contributed by atoms with E-state index in [1.54, 1.807) is 0 Å². The summed E-state index contributed by atoms with van der Waals surface area (Å²) in [7, 11) is 0. The second-order valence-electron chi connectivity index (χ2n) is 3.57. The molecule has 0 saturated heterocycles. The molecule has 19 heavy (non-hydrogen) atoms. The monoisotopic (exact) mass is 272 g/mol. The standard InChI is InChI=1S/C12H7F3O4/c13-12(14,15)19-9-3-1-2-7(4-9)10-5-8(16)6-11(17)18-10/h1-6,16H. The van der Waals surface area contributed by atoms with Gasteiger partial charge in [0.2, 0.25) is 0 Å². The first-order valence-electron chi connectivity index (χ1n) is 5.04. The van der Waals surface area contributed by atoms with Crippen molar-refractivity contribution in [3.8, 4) is 22.8 Å². The number of rotatable bonds is 2. The normalized spacial score (nSPS) is 11.3. The summed E-state index contributed by atoms with van der Waals surface area (Å²) in [5, 5.41) is 9.24. The van der Waals surface area contributed by atoms with Crippen molar-refractivity contribution in [2.45, 2.75) is 6.36 Å². The molecule has 0 aliphatic heterocycles. The van der Waals surface area contributed by atoms with E-state index in [-0.39, 0.29) is 17.1 Å². The average molecular weight is 272 g/mol. The molecule has 1 aromatic carbocycles. The van der Waals surface area contributed by atoms with Crippen LogP contribution in [-0.2, 0) is 0 Å². The first-order chi connectivity index (χ1) is 8.83. The summed E-state index contributed by atoms with van der Waals surface area (Å²) in [4.78, 5) is 11.1. The Morgan fingerprint density at radius 1 is 1.16 bits per heavy atom. The Kier molecular flexibility index (Phi) is 3.20. The lowest BCUT2D eigenvalue weighted by Crippen LogP contribution is -2.17. The highest BCUT2D eigenvalue weighted by molar-refractivity contribution is 5.60. The minimum Gasteiger partial charge on any atom is -0.508 e. The van der Waals surface area contributed by atoms with Crippen LogP contribution in [0.3, 0.4) is 0 Å². The molecule has 1 aromatic heterocycles. The van der Waals surface area contributed by atoms with Crippen LogP contribution in [0.1, 0.15) is 0 Å². The minimum atomic E-state index is -4.81. The van der Waals surface area contributed by atoms with Gasteiger partial charge in [-0.05, 0) is 12.1 Å². The lowest BCUT2D eigenvalue weighted by molar-refractivity contribution is -0.274. The number of benzene rings is 1. The Hall–Kier alpha value is -2.44. The number of ether oxygens (including phenoxy) is 1. The molecule has 0 saturated carbocycles. The van der Waals surface area contributed by atoms with Gasteiger partial charge in [0.25, 0.3) is 0 Å². The summed E-state index contributed by atoms with van der Waals surface area (Å²) in [6.45, 7) is 0. The summed E-state index contributed by atoms with van der Waals surface area (Å²) in [5.41, 5.74) is -0.633. The Morgan fingerprint density at radius 2 is 1.89 bits per heavy atom. The number of hydrogen-bond donors (Lipinski definition) is 1. The third kappa shape index (κ3) is 3.51. The maximum atomic E-state index is 12.1. The van der Waals surface area contributed by atoms with Gasteiger partial charge >= 0.3 is 12.0 Å². The fourth-order valence-electron chi connectivity index (χ4n) is 1.45. The molecule has 7 heteroatoms. The molecule has 0 unspecified atom stereocenters. The van der Waals surface area contributed by atoms with Crippen LogP contribution in [-0.4, -0.2) is 11.5 Å². The number of halogens is 3. The molecular formula is C12H7F3O4. The van der Waals surface area contributed by atoms with E-state index in [1.807, 2.05) is 0 Å². The Labute approximate surface area is 104 Å². The zero-order valence-corrected chi connectivity index (χ0v) is 9.27. The van der Waals surface area contributed by atoms with E-state index in [0.29, 0.717) is 0 Å². The molecule has 0 amide bonds. The zero-order chi connectivity index (χ0) is 14.0. The summed E-state index contributed by atoms with van der Waals surface area (Å²) in [5.74, 6) is -0.845. The average Bonchev–Trinajstić information content (AvgIpc) is 2.25. The highest BCUT2D eigenvalue weighted by Crippen LogP contribution is 2.28. The van der Waals surface area contributed by atoms with Crippen molar-refractivity contribution in [1.82, 2.24) is 0 Å². The van der Waals surface area contributed by atoms with Crippen molar-refractivity contribution in [2.75, 3.05) is 0 Å². The van der Waals surface area contributed by atoms with Crippen LogP contribution in [0.4, 0.5) is 13.2 Å². The van der Waals surface area contributed by atoms with E-state index in [1.165, 1.54) is 12.1 Å². The van der Waals surface area contributed by atoms with Gasteiger partial charge in [0, 0.05) is 11.6 Å². The highest BCUT2D eigenvalue weighted by Gasteiger charge is 2.31. The van der Waals surface area contributed by atoms with Crippen LogP contribution in [0.5, 0.6) is 11.5 Å². The molecule has 2 aromatic rings. The SMILES string of the molecule is O=c1cc(O)cc(-c2cccc(OC(F)(F)F)c2)o1. The van der Waals surface area contributed by atoms with E-state index in [0.717, 1.165) is 24.3 Å². The molecule has 0 spiro atoms. The Morgan fingerprint density at radius 3 is 2.53 bits per heavy atom. The second-order valence-corrected chi connectivity index (χ2v) is 3.57. The molecule has 0 radical (unpaired) electrons. The van der Waals surface area contributed by atoms with Crippen LogP contribution in [0.2, 0.25) is 0 Å². The first kappa shape index (κ1) is 13.0. The van der Waals surface area contributed by atoms with E-state index in [2.05, 4.69) is 4.74 Å². The fourth-order valence-corrected chi connectivity index (χ4v) is 1.45. The van der Waals surface area contributed by atoms with Gasteiger partial charge in [0.15, 0.2) is 0 Å². The van der Waals surface area contributed by atoms with Crippen LogP contribution in [0.15, 0.2) is 45.6 Å². The van der Waals surface area contributed by atoms with Gasteiger partial charge < -0.3 is 14.3 Å². The van der Waals surface area contributed by atoms with Gasteiger partial charge in [-0.25, -0.2) is 4.79 Å². The van der Waals surface area contributed by atoms with Crippen molar-refractivity contribution in [1.29, 1.82) is 0 Å². The second kappa shape index (κ2) is 4.68. The first-order valence-corrected chi connectivity index (χ1v) is 5.04. The summed E-state index contributed by atoms with van der Waals surface area (Å²) in [6.07, 6.45) is -4.81. The van der Waals surface area contributed by atoms with Crippen molar-refractivity contribution >= 4 is 0 Å².